The number of carboxylic acids is 1. The highest BCUT2D eigenvalue weighted by molar-refractivity contribution is 14.1. The van der Waals surface area contributed by atoms with Crippen molar-refractivity contribution in [3.63, 3.8) is 0 Å². The van der Waals surface area contributed by atoms with E-state index >= 15 is 0 Å². The quantitative estimate of drug-likeness (QED) is 0.796. The first-order valence-corrected chi connectivity index (χ1v) is 6.51. The Morgan fingerprint density at radius 2 is 2.00 bits per heavy atom. The lowest BCUT2D eigenvalue weighted by Crippen LogP contribution is -2.16. The molecule has 20 heavy (non-hydrogen) atoms. The molecule has 0 radical (unpaired) electrons. The lowest BCUT2D eigenvalue weighted by atomic mass is 10.1. The lowest BCUT2D eigenvalue weighted by Gasteiger charge is -2.08. The number of anilines is 1. The molecule has 0 aliphatic rings. The third kappa shape index (κ3) is 3.29. The van der Waals surface area contributed by atoms with Crippen LogP contribution < -0.4 is 5.32 Å². The molecule has 0 fully saturated rings. The third-order valence-electron chi connectivity index (χ3n) is 2.42. The number of benzene rings is 1. The van der Waals surface area contributed by atoms with Gasteiger partial charge in [0.25, 0.3) is 5.91 Å². The van der Waals surface area contributed by atoms with E-state index in [-0.39, 0.29) is 16.9 Å². The minimum absolute atomic E-state index is 0.00119. The summed E-state index contributed by atoms with van der Waals surface area (Å²) in [4.78, 5) is 26.6. The summed E-state index contributed by atoms with van der Waals surface area (Å²) < 4.78 is 13.5. The number of rotatable bonds is 3. The second-order valence-corrected chi connectivity index (χ2v) is 5.06. The van der Waals surface area contributed by atoms with Crippen molar-refractivity contribution in [2.75, 3.05) is 5.32 Å². The Hall–Kier alpha value is -2.03. The zero-order valence-electron chi connectivity index (χ0n) is 9.93. The van der Waals surface area contributed by atoms with Crippen molar-refractivity contribution >= 4 is 40.2 Å². The summed E-state index contributed by atoms with van der Waals surface area (Å²) in [6.07, 6.45) is 0.918. The van der Waals surface area contributed by atoms with Gasteiger partial charge in [-0.25, -0.2) is 14.2 Å². The Bertz CT molecular complexity index is 674. The van der Waals surface area contributed by atoms with Crippen LogP contribution in [-0.2, 0) is 0 Å². The Morgan fingerprint density at radius 3 is 2.60 bits per heavy atom. The second-order valence-electron chi connectivity index (χ2n) is 3.81. The average Bonchev–Trinajstić information content (AvgIpc) is 2.41. The highest BCUT2D eigenvalue weighted by atomic mass is 127. The van der Waals surface area contributed by atoms with E-state index in [9.17, 15) is 14.0 Å². The van der Waals surface area contributed by atoms with Crippen molar-refractivity contribution < 1.29 is 19.1 Å². The normalized spacial score (nSPS) is 10.1. The number of aromatic nitrogens is 1. The number of carbonyl (C=O) groups is 2. The number of pyridine rings is 1. The van der Waals surface area contributed by atoms with Crippen LogP contribution in [0, 0.1) is 9.39 Å². The first-order valence-electron chi connectivity index (χ1n) is 5.43. The van der Waals surface area contributed by atoms with Crippen LogP contribution >= 0.6 is 22.6 Å². The molecule has 2 aromatic rings. The Labute approximate surface area is 127 Å². The highest BCUT2D eigenvalue weighted by Crippen LogP contribution is 2.19. The van der Waals surface area contributed by atoms with Gasteiger partial charge in [-0.05, 0) is 52.9 Å². The number of amides is 1. The van der Waals surface area contributed by atoms with E-state index in [0.717, 1.165) is 15.8 Å². The topological polar surface area (TPSA) is 79.3 Å². The fourth-order valence-electron chi connectivity index (χ4n) is 1.50. The Morgan fingerprint density at radius 1 is 1.25 bits per heavy atom. The zero-order valence-corrected chi connectivity index (χ0v) is 12.1. The smallest absolute Gasteiger partial charge is 0.337 e. The van der Waals surface area contributed by atoms with Crippen molar-refractivity contribution in [3.05, 3.63) is 57.2 Å². The van der Waals surface area contributed by atoms with Crippen molar-refractivity contribution in [2.24, 2.45) is 0 Å². The monoisotopic (exact) mass is 386 g/mol. The molecule has 0 aliphatic carbocycles. The molecule has 0 bridgehead atoms. The van der Waals surface area contributed by atoms with Crippen LogP contribution in [0.3, 0.4) is 0 Å². The van der Waals surface area contributed by atoms with E-state index in [0.29, 0.717) is 0 Å². The number of hydrogen-bond donors (Lipinski definition) is 2. The fraction of sp³-hybridized carbons (Fsp3) is 0. The summed E-state index contributed by atoms with van der Waals surface area (Å²) in [5, 5.41) is 11.5. The summed E-state index contributed by atoms with van der Waals surface area (Å²) in [5.74, 6) is -2.30. The predicted molar refractivity (Wildman–Crippen MR) is 78.3 cm³/mol. The number of nitrogens with one attached hydrogen (secondary N) is 1. The van der Waals surface area contributed by atoms with Gasteiger partial charge in [0.05, 0.1) is 17.4 Å². The molecule has 1 heterocycles. The molecule has 0 saturated carbocycles. The van der Waals surface area contributed by atoms with Gasteiger partial charge in [0.1, 0.15) is 11.5 Å². The largest absolute Gasteiger partial charge is 0.478 e. The van der Waals surface area contributed by atoms with Crippen molar-refractivity contribution in [3.8, 4) is 0 Å². The van der Waals surface area contributed by atoms with Gasteiger partial charge in [-0.2, -0.15) is 0 Å². The van der Waals surface area contributed by atoms with Gasteiger partial charge < -0.3 is 10.4 Å². The van der Waals surface area contributed by atoms with Crippen molar-refractivity contribution in [1.82, 2.24) is 4.98 Å². The van der Waals surface area contributed by atoms with E-state index in [1.807, 2.05) is 22.6 Å². The number of aromatic carboxylic acids is 1. The Balaban J connectivity index is 2.28. The van der Waals surface area contributed by atoms with E-state index in [2.05, 4.69) is 10.3 Å². The van der Waals surface area contributed by atoms with Crippen LogP contribution in [0.1, 0.15) is 20.8 Å². The average molecular weight is 386 g/mol. The molecule has 0 saturated heterocycles. The van der Waals surface area contributed by atoms with E-state index in [1.54, 1.807) is 6.07 Å². The maximum atomic E-state index is 12.7. The van der Waals surface area contributed by atoms with Gasteiger partial charge in [0.15, 0.2) is 0 Å². The van der Waals surface area contributed by atoms with Crippen LogP contribution in [0.5, 0.6) is 0 Å². The fourth-order valence-corrected chi connectivity index (χ4v) is 1.99. The van der Waals surface area contributed by atoms with Crippen LogP contribution in [-0.4, -0.2) is 22.0 Å². The van der Waals surface area contributed by atoms with Crippen LogP contribution in [0.4, 0.5) is 10.1 Å². The summed E-state index contributed by atoms with van der Waals surface area (Å²) in [6.45, 7) is 0. The summed E-state index contributed by atoms with van der Waals surface area (Å²) in [7, 11) is 0. The number of hydrogen-bond acceptors (Lipinski definition) is 3. The summed E-state index contributed by atoms with van der Waals surface area (Å²) in [5.41, 5.74) is 0.141. The maximum Gasteiger partial charge on any atom is 0.337 e. The number of halogens is 2. The molecule has 0 spiro atoms. The standard InChI is InChI=1S/C13H8FIN2O3/c14-7-1-3-11(16-6-7)12(18)17-10-4-2-8(15)5-9(10)13(19)20/h1-6H,(H,17,18)(H,19,20). The van der Waals surface area contributed by atoms with Gasteiger partial charge in [0.2, 0.25) is 0 Å². The summed E-state index contributed by atoms with van der Waals surface area (Å²) >= 11 is 1.97. The van der Waals surface area contributed by atoms with Crippen molar-refractivity contribution in [1.29, 1.82) is 0 Å². The van der Waals surface area contributed by atoms with E-state index < -0.39 is 17.7 Å². The summed E-state index contributed by atoms with van der Waals surface area (Å²) in [6, 6.07) is 6.93. The van der Waals surface area contributed by atoms with Crippen LogP contribution in [0.2, 0.25) is 0 Å². The second kappa shape index (κ2) is 5.95. The molecular formula is C13H8FIN2O3. The predicted octanol–water partition coefficient (Wildman–Crippen LogP) is 2.78. The first-order chi connectivity index (χ1) is 9.47. The minimum Gasteiger partial charge on any atom is -0.478 e. The van der Waals surface area contributed by atoms with E-state index in [4.69, 9.17) is 5.11 Å². The number of nitrogens with zero attached hydrogens (tertiary/aromatic N) is 1. The van der Waals surface area contributed by atoms with Crippen molar-refractivity contribution in [2.45, 2.75) is 0 Å². The zero-order chi connectivity index (χ0) is 14.7. The van der Waals surface area contributed by atoms with Crippen LogP contribution in [0.25, 0.3) is 0 Å². The minimum atomic E-state index is -1.15. The van der Waals surface area contributed by atoms with Crippen LogP contribution in [0.15, 0.2) is 36.5 Å². The molecule has 2 rings (SSSR count). The molecule has 102 valence electrons. The molecule has 1 amide bonds. The molecule has 2 N–H and O–H groups in total. The highest BCUT2D eigenvalue weighted by Gasteiger charge is 2.14. The van der Waals surface area contributed by atoms with Gasteiger partial charge in [-0.1, -0.05) is 0 Å². The Kier molecular flexibility index (Phi) is 4.28. The number of carboxylic acid groups (broad SMARTS) is 1. The number of carbonyl (C=O) groups excluding carboxylic acids is 1. The third-order valence-corrected chi connectivity index (χ3v) is 3.09. The molecular weight excluding hydrogens is 378 g/mol. The molecule has 0 atom stereocenters. The van der Waals surface area contributed by atoms with Gasteiger partial charge in [-0.3, -0.25) is 4.79 Å². The van der Waals surface area contributed by atoms with Gasteiger partial charge in [-0.15, -0.1) is 0 Å². The lowest BCUT2D eigenvalue weighted by molar-refractivity contribution is 0.0698. The molecule has 1 aromatic carbocycles. The molecule has 5 nitrogen and oxygen atoms in total. The molecule has 0 unspecified atom stereocenters. The molecule has 7 heteroatoms. The molecule has 0 aliphatic heterocycles. The van der Waals surface area contributed by atoms with E-state index in [1.165, 1.54) is 18.2 Å². The SMILES string of the molecule is O=C(Nc1ccc(I)cc1C(=O)O)c1ccc(F)cn1. The van der Waals surface area contributed by atoms with Gasteiger partial charge >= 0.3 is 5.97 Å². The maximum absolute atomic E-state index is 12.7. The first kappa shape index (κ1) is 14.4. The molecule has 1 aromatic heterocycles. The van der Waals surface area contributed by atoms with Gasteiger partial charge in [0, 0.05) is 3.57 Å².